The van der Waals surface area contributed by atoms with Crippen LogP contribution in [0.3, 0.4) is 0 Å². The monoisotopic (exact) mass is 282 g/mol. The van der Waals surface area contributed by atoms with Gasteiger partial charge in [-0.05, 0) is 30.3 Å². The van der Waals surface area contributed by atoms with Gasteiger partial charge in [-0.3, -0.25) is 0 Å². The van der Waals surface area contributed by atoms with Crippen molar-refractivity contribution in [1.29, 1.82) is 0 Å². The van der Waals surface area contributed by atoms with E-state index in [-0.39, 0.29) is 0 Å². The van der Waals surface area contributed by atoms with Gasteiger partial charge in [-0.15, -0.1) is 0 Å². The summed E-state index contributed by atoms with van der Waals surface area (Å²) in [4.78, 5) is 0. The minimum atomic E-state index is -4.37. The van der Waals surface area contributed by atoms with Crippen LogP contribution in [0.2, 0.25) is 0 Å². The Hall–Kier alpha value is -2.37. The first-order valence-electron chi connectivity index (χ1n) is 5.78. The second-order valence-corrected chi connectivity index (χ2v) is 4.16. The van der Waals surface area contributed by atoms with E-state index >= 15 is 0 Å². The number of ether oxygens (including phenoxy) is 1. The van der Waals surface area contributed by atoms with Crippen molar-refractivity contribution >= 4 is 17.1 Å². The van der Waals surface area contributed by atoms with Gasteiger partial charge >= 0.3 is 6.18 Å². The topological polar surface area (TPSA) is 47.3 Å². The SMILES string of the molecule is COc1ccc(Nc2cccc(C(F)(F)F)c2)c(N)c1. The molecule has 3 N–H and O–H groups in total. The van der Waals surface area contributed by atoms with E-state index in [0.29, 0.717) is 22.8 Å². The lowest BCUT2D eigenvalue weighted by Crippen LogP contribution is -2.05. The summed E-state index contributed by atoms with van der Waals surface area (Å²) in [7, 11) is 1.51. The minimum absolute atomic E-state index is 0.316. The fraction of sp³-hybridized carbons (Fsp3) is 0.143. The summed E-state index contributed by atoms with van der Waals surface area (Å²) in [5, 5.41) is 2.86. The summed E-state index contributed by atoms with van der Waals surface area (Å²) < 4.78 is 42.9. The first-order chi connectivity index (χ1) is 9.40. The van der Waals surface area contributed by atoms with E-state index in [1.165, 1.54) is 13.2 Å². The maximum atomic E-state index is 12.6. The highest BCUT2D eigenvalue weighted by atomic mass is 19.4. The molecule has 0 atom stereocenters. The van der Waals surface area contributed by atoms with Crippen molar-refractivity contribution in [1.82, 2.24) is 0 Å². The highest BCUT2D eigenvalue weighted by Gasteiger charge is 2.30. The molecule has 0 aromatic heterocycles. The predicted molar refractivity (Wildman–Crippen MR) is 72.1 cm³/mol. The lowest BCUT2D eigenvalue weighted by molar-refractivity contribution is -0.137. The fourth-order valence-corrected chi connectivity index (χ4v) is 1.71. The molecule has 106 valence electrons. The zero-order valence-electron chi connectivity index (χ0n) is 10.7. The number of nitrogens with one attached hydrogen (secondary N) is 1. The molecular weight excluding hydrogens is 269 g/mol. The number of halogens is 3. The summed E-state index contributed by atoms with van der Waals surface area (Å²) >= 11 is 0. The molecule has 2 rings (SSSR count). The molecule has 0 unspecified atom stereocenters. The third kappa shape index (κ3) is 3.14. The Bertz CT molecular complexity index is 612. The van der Waals surface area contributed by atoms with Gasteiger partial charge in [0.1, 0.15) is 5.75 Å². The van der Waals surface area contributed by atoms with Crippen LogP contribution in [0.4, 0.5) is 30.2 Å². The van der Waals surface area contributed by atoms with Crippen molar-refractivity contribution < 1.29 is 17.9 Å². The molecule has 6 heteroatoms. The van der Waals surface area contributed by atoms with Gasteiger partial charge in [0, 0.05) is 11.8 Å². The molecule has 0 radical (unpaired) electrons. The largest absolute Gasteiger partial charge is 0.497 e. The van der Waals surface area contributed by atoms with Crippen LogP contribution in [0.5, 0.6) is 5.75 Å². The molecule has 0 fully saturated rings. The number of methoxy groups -OCH3 is 1. The number of alkyl halides is 3. The van der Waals surface area contributed by atoms with Crippen LogP contribution in [0, 0.1) is 0 Å². The number of hydrogen-bond acceptors (Lipinski definition) is 3. The molecule has 0 aliphatic carbocycles. The summed E-state index contributed by atoms with van der Waals surface area (Å²) in [6, 6.07) is 9.84. The summed E-state index contributed by atoms with van der Waals surface area (Å²) in [5.74, 6) is 0.581. The smallest absolute Gasteiger partial charge is 0.416 e. The third-order valence-electron chi connectivity index (χ3n) is 2.73. The quantitative estimate of drug-likeness (QED) is 0.835. The van der Waals surface area contributed by atoms with E-state index in [1.807, 2.05) is 0 Å². The number of rotatable bonds is 3. The molecule has 2 aromatic carbocycles. The van der Waals surface area contributed by atoms with Crippen molar-refractivity contribution in [2.24, 2.45) is 0 Å². The maximum absolute atomic E-state index is 12.6. The van der Waals surface area contributed by atoms with E-state index in [0.717, 1.165) is 12.1 Å². The van der Waals surface area contributed by atoms with Gasteiger partial charge in [-0.2, -0.15) is 13.2 Å². The Balaban J connectivity index is 2.26. The lowest BCUT2D eigenvalue weighted by Gasteiger charge is -2.12. The maximum Gasteiger partial charge on any atom is 0.416 e. The number of benzene rings is 2. The second kappa shape index (κ2) is 5.32. The van der Waals surface area contributed by atoms with Gasteiger partial charge in [0.15, 0.2) is 0 Å². The first kappa shape index (κ1) is 14.0. The average Bonchev–Trinajstić information content (AvgIpc) is 2.40. The van der Waals surface area contributed by atoms with Crippen LogP contribution in [-0.2, 0) is 6.18 Å². The Morgan fingerprint density at radius 1 is 1.10 bits per heavy atom. The zero-order valence-corrected chi connectivity index (χ0v) is 10.7. The first-order valence-corrected chi connectivity index (χ1v) is 5.78. The summed E-state index contributed by atoms with van der Waals surface area (Å²) in [5.41, 5.74) is 6.32. The molecule has 20 heavy (non-hydrogen) atoms. The number of anilines is 3. The van der Waals surface area contributed by atoms with Crippen LogP contribution in [0.1, 0.15) is 5.56 Å². The highest BCUT2D eigenvalue weighted by molar-refractivity contribution is 5.74. The van der Waals surface area contributed by atoms with Gasteiger partial charge in [-0.25, -0.2) is 0 Å². The van der Waals surface area contributed by atoms with Gasteiger partial charge in [0.25, 0.3) is 0 Å². The Morgan fingerprint density at radius 2 is 1.85 bits per heavy atom. The molecule has 0 spiro atoms. The fourth-order valence-electron chi connectivity index (χ4n) is 1.71. The predicted octanol–water partition coefficient (Wildman–Crippen LogP) is 4.04. The lowest BCUT2D eigenvalue weighted by atomic mass is 10.2. The van der Waals surface area contributed by atoms with E-state index in [4.69, 9.17) is 10.5 Å². The molecule has 0 saturated carbocycles. The van der Waals surface area contributed by atoms with Gasteiger partial charge in [-0.1, -0.05) is 6.07 Å². The van der Waals surface area contributed by atoms with Crippen LogP contribution in [-0.4, -0.2) is 7.11 Å². The van der Waals surface area contributed by atoms with E-state index in [9.17, 15) is 13.2 Å². The molecule has 0 amide bonds. The van der Waals surface area contributed by atoms with Crippen molar-refractivity contribution in [3.8, 4) is 5.75 Å². The Morgan fingerprint density at radius 3 is 2.45 bits per heavy atom. The van der Waals surface area contributed by atoms with Crippen molar-refractivity contribution in [3.63, 3.8) is 0 Å². The van der Waals surface area contributed by atoms with Gasteiger partial charge < -0.3 is 15.8 Å². The summed E-state index contributed by atoms with van der Waals surface area (Å²) in [6.45, 7) is 0. The second-order valence-electron chi connectivity index (χ2n) is 4.16. The van der Waals surface area contributed by atoms with Crippen LogP contribution < -0.4 is 15.8 Å². The van der Waals surface area contributed by atoms with E-state index in [1.54, 1.807) is 24.3 Å². The van der Waals surface area contributed by atoms with Crippen molar-refractivity contribution in [3.05, 3.63) is 48.0 Å². The van der Waals surface area contributed by atoms with Crippen molar-refractivity contribution in [2.75, 3.05) is 18.2 Å². The Kier molecular flexibility index (Phi) is 3.74. The molecular formula is C14H13F3N2O. The standard InChI is InChI=1S/C14H13F3N2O/c1-20-11-5-6-13(12(18)8-11)19-10-4-2-3-9(7-10)14(15,16)17/h2-8,19H,18H2,1H3. The highest BCUT2D eigenvalue weighted by Crippen LogP contribution is 2.32. The van der Waals surface area contributed by atoms with E-state index < -0.39 is 11.7 Å². The normalized spacial score (nSPS) is 11.2. The molecule has 0 bridgehead atoms. The van der Waals surface area contributed by atoms with Crippen LogP contribution >= 0.6 is 0 Å². The van der Waals surface area contributed by atoms with Gasteiger partial charge in [0.05, 0.1) is 24.0 Å². The minimum Gasteiger partial charge on any atom is -0.497 e. The number of hydrogen-bond donors (Lipinski definition) is 2. The number of nitrogens with two attached hydrogens (primary N) is 1. The Labute approximate surface area is 114 Å². The van der Waals surface area contributed by atoms with E-state index in [2.05, 4.69) is 5.32 Å². The third-order valence-corrected chi connectivity index (χ3v) is 2.73. The molecule has 0 aliphatic rings. The molecule has 0 aliphatic heterocycles. The van der Waals surface area contributed by atoms with Crippen LogP contribution in [0.15, 0.2) is 42.5 Å². The average molecular weight is 282 g/mol. The van der Waals surface area contributed by atoms with Gasteiger partial charge in [0.2, 0.25) is 0 Å². The molecule has 3 nitrogen and oxygen atoms in total. The molecule has 0 heterocycles. The zero-order chi connectivity index (χ0) is 14.8. The van der Waals surface area contributed by atoms with Crippen molar-refractivity contribution in [2.45, 2.75) is 6.18 Å². The molecule has 0 saturated heterocycles. The summed E-state index contributed by atoms with van der Waals surface area (Å²) in [6.07, 6.45) is -4.37. The molecule has 2 aromatic rings. The number of nitrogen functional groups attached to an aromatic ring is 1. The van der Waals surface area contributed by atoms with Crippen LogP contribution in [0.25, 0.3) is 0 Å².